The van der Waals surface area contributed by atoms with E-state index in [4.69, 9.17) is 11.6 Å². The number of halogens is 1. The second-order valence-electron chi connectivity index (χ2n) is 5.57. The molecule has 1 aliphatic heterocycles. The lowest BCUT2D eigenvalue weighted by Gasteiger charge is -2.34. The third-order valence-electron chi connectivity index (χ3n) is 3.64. The predicted molar refractivity (Wildman–Crippen MR) is 84.8 cm³/mol. The maximum Gasteiger partial charge on any atom is 0.214 e. The summed E-state index contributed by atoms with van der Waals surface area (Å²) in [5.41, 5.74) is 1.21. The zero-order chi connectivity index (χ0) is 15.3. The minimum Gasteiger partial charge on any atom is -0.296 e. The zero-order valence-corrected chi connectivity index (χ0v) is 13.9. The average Bonchev–Trinajstić information content (AvgIpc) is 2.48. The first-order valence-electron chi connectivity index (χ1n) is 7.16. The molecule has 0 spiro atoms. The molecule has 118 valence electrons. The van der Waals surface area contributed by atoms with Crippen LogP contribution >= 0.6 is 11.6 Å². The molecule has 0 bridgehead atoms. The number of hydrogen-bond donors (Lipinski definition) is 0. The van der Waals surface area contributed by atoms with Crippen molar-refractivity contribution in [1.29, 1.82) is 0 Å². The van der Waals surface area contributed by atoms with Crippen molar-refractivity contribution >= 4 is 21.6 Å². The Kier molecular flexibility index (Phi) is 5.98. The summed E-state index contributed by atoms with van der Waals surface area (Å²) in [7, 11) is -3.18. The van der Waals surface area contributed by atoms with Crippen molar-refractivity contribution in [2.75, 3.05) is 37.8 Å². The van der Waals surface area contributed by atoms with E-state index in [1.165, 1.54) is 5.56 Å². The van der Waals surface area contributed by atoms with Crippen molar-refractivity contribution < 1.29 is 8.42 Å². The van der Waals surface area contributed by atoms with Gasteiger partial charge in [-0.3, -0.25) is 9.88 Å². The molecule has 1 aromatic rings. The number of nitrogens with zero attached hydrogens (tertiary/aromatic N) is 3. The molecule has 1 unspecified atom stereocenters. The van der Waals surface area contributed by atoms with Gasteiger partial charge in [0.1, 0.15) is 0 Å². The summed E-state index contributed by atoms with van der Waals surface area (Å²) < 4.78 is 26.1. The van der Waals surface area contributed by atoms with Crippen molar-refractivity contribution in [3.8, 4) is 0 Å². The Morgan fingerprint density at radius 1 is 1.24 bits per heavy atom. The summed E-state index contributed by atoms with van der Waals surface area (Å²) in [6.45, 7) is 5.34. The molecule has 2 rings (SSSR count). The quantitative estimate of drug-likeness (QED) is 0.739. The van der Waals surface area contributed by atoms with E-state index in [0.717, 1.165) is 19.6 Å². The molecule has 0 radical (unpaired) electrons. The molecule has 0 saturated carbocycles. The second-order valence-corrected chi connectivity index (χ2v) is 7.89. The Labute approximate surface area is 132 Å². The Bertz CT molecular complexity index is 530. The molecular weight excluding hydrogens is 310 g/mol. The number of hydrogen-bond acceptors (Lipinski definition) is 4. The van der Waals surface area contributed by atoms with Crippen molar-refractivity contribution in [1.82, 2.24) is 14.2 Å². The molecular formula is C14H22ClN3O2S. The lowest BCUT2D eigenvalue weighted by atomic mass is 10.2. The molecule has 21 heavy (non-hydrogen) atoms. The highest BCUT2D eigenvalue weighted by molar-refractivity contribution is 7.89. The van der Waals surface area contributed by atoms with Gasteiger partial charge < -0.3 is 0 Å². The summed E-state index contributed by atoms with van der Waals surface area (Å²) >= 11 is 5.71. The molecule has 0 amide bonds. The van der Waals surface area contributed by atoms with Gasteiger partial charge in [0.2, 0.25) is 10.0 Å². The fraction of sp³-hybridized carbons (Fsp3) is 0.643. The molecule has 7 heteroatoms. The standard InChI is InChI=1S/C14H22ClN3O2S/c1-13(10-15)12-21(19,20)18-8-6-17(7-9-18)11-14-2-4-16-5-3-14/h2-5,13H,6-12H2,1H3. The number of piperazine rings is 1. The summed E-state index contributed by atoms with van der Waals surface area (Å²) in [5, 5.41) is 0. The first-order valence-corrected chi connectivity index (χ1v) is 9.30. The van der Waals surface area contributed by atoms with Gasteiger partial charge in [-0.15, -0.1) is 11.6 Å². The van der Waals surface area contributed by atoms with Crippen molar-refractivity contribution in [3.63, 3.8) is 0 Å². The van der Waals surface area contributed by atoms with Gasteiger partial charge in [-0.1, -0.05) is 6.92 Å². The van der Waals surface area contributed by atoms with Crippen LogP contribution in [0.4, 0.5) is 0 Å². The molecule has 1 aromatic heterocycles. The third-order valence-corrected chi connectivity index (χ3v) is 6.31. The minimum atomic E-state index is -3.18. The van der Waals surface area contributed by atoms with Crippen LogP contribution in [0.2, 0.25) is 0 Å². The highest BCUT2D eigenvalue weighted by atomic mass is 35.5. The molecule has 1 atom stereocenters. The number of alkyl halides is 1. The number of rotatable bonds is 6. The van der Waals surface area contributed by atoms with Gasteiger partial charge in [-0.25, -0.2) is 8.42 Å². The van der Waals surface area contributed by atoms with Gasteiger partial charge in [0.15, 0.2) is 0 Å². The van der Waals surface area contributed by atoms with E-state index in [-0.39, 0.29) is 11.7 Å². The zero-order valence-electron chi connectivity index (χ0n) is 12.3. The van der Waals surface area contributed by atoms with Crippen LogP contribution in [0, 0.1) is 5.92 Å². The Hall–Kier alpha value is -0.690. The smallest absolute Gasteiger partial charge is 0.214 e. The topological polar surface area (TPSA) is 53.5 Å². The van der Waals surface area contributed by atoms with E-state index in [9.17, 15) is 8.42 Å². The van der Waals surface area contributed by atoms with Crippen LogP contribution in [0.1, 0.15) is 12.5 Å². The van der Waals surface area contributed by atoms with E-state index in [1.807, 2.05) is 19.1 Å². The lowest BCUT2D eigenvalue weighted by molar-refractivity contribution is 0.181. The number of aromatic nitrogens is 1. The van der Waals surface area contributed by atoms with Crippen molar-refractivity contribution in [3.05, 3.63) is 30.1 Å². The maximum absolute atomic E-state index is 12.3. The first-order chi connectivity index (χ1) is 10.0. The van der Waals surface area contributed by atoms with E-state index in [1.54, 1.807) is 16.7 Å². The maximum atomic E-state index is 12.3. The SMILES string of the molecule is CC(CCl)CS(=O)(=O)N1CCN(Cc2ccncc2)CC1. The van der Waals surface area contributed by atoms with E-state index in [0.29, 0.717) is 19.0 Å². The van der Waals surface area contributed by atoms with Gasteiger partial charge in [-0.2, -0.15) is 4.31 Å². The molecule has 5 nitrogen and oxygen atoms in total. The minimum absolute atomic E-state index is 0.00786. The molecule has 0 aliphatic carbocycles. The number of pyridine rings is 1. The lowest BCUT2D eigenvalue weighted by Crippen LogP contribution is -2.49. The van der Waals surface area contributed by atoms with Crippen LogP contribution in [-0.2, 0) is 16.6 Å². The monoisotopic (exact) mass is 331 g/mol. The highest BCUT2D eigenvalue weighted by Crippen LogP contribution is 2.14. The molecule has 1 saturated heterocycles. The van der Waals surface area contributed by atoms with Crippen LogP contribution in [0.25, 0.3) is 0 Å². The van der Waals surface area contributed by atoms with Gasteiger partial charge in [0, 0.05) is 51.0 Å². The van der Waals surface area contributed by atoms with Crippen molar-refractivity contribution in [2.24, 2.45) is 5.92 Å². The molecule has 2 heterocycles. The summed E-state index contributed by atoms with van der Waals surface area (Å²) in [6, 6.07) is 3.98. The third kappa shape index (κ3) is 4.92. The Balaban J connectivity index is 1.85. The van der Waals surface area contributed by atoms with E-state index in [2.05, 4.69) is 9.88 Å². The molecule has 0 aromatic carbocycles. The summed E-state index contributed by atoms with van der Waals surface area (Å²) in [5.74, 6) is 0.508. The second kappa shape index (κ2) is 7.54. The Morgan fingerprint density at radius 2 is 1.86 bits per heavy atom. The highest BCUT2D eigenvalue weighted by Gasteiger charge is 2.28. The van der Waals surface area contributed by atoms with Crippen LogP contribution in [-0.4, -0.2) is 60.4 Å². The summed E-state index contributed by atoms with van der Waals surface area (Å²) in [4.78, 5) is 6.27. The number of sulfonamides is 1. The van der Waals surface area contributed by atoms with E-state index < -0.39 is 10.0 Å². The van der Waals surface area contributed by atoms with Crippen LogP contribution in [0.15, 0.2) is 24.5 Å². The Morgan fingerprint density at radius 3 is 2.43 bits per heavy atom. The van der Waals surface area contributed by atoms with Gasteiger partial charge in [0.05, 0.1) is 5.75 Å². The predicted octanol–water partition coefficient (Wildman–Crippen LogP) is 1.40. The van der Waals surface area contributed by atoms with E-state index >= 15 is 0 Å². The van der Waals surface area contributed by atoms with Gasteiger partial charge >= 0.3 is 0 Å². The summed E-state index contributed by atoms with van der Waals surface area (Å²) in [6.07, 6.45) is 3.56. The average molecular weight is 332 g/mol. The van der Waals surface area contributed by atoms with Crippen molar-refractivity contribution in [2.45, 2.75) is 13.5 Å². The molecule has 1 fully saturated rings. The van der Waals surface area contributed by atoms with Crippen LogP contribution < -0.4 is 0 Å². The largest absolute Gasteiger partial charge is 0.296 e. The first kappa shape index (κ1) is 16.7. The van der Waals surface area contributed by atoms with Crippen LogP contribution in [0.3, 0.4) is 0 Å². The molecule has 0 N–H and O–H groups in total. The fourth-order valence-corrected chi connectivity index (χ4v) is 4.43. The van der Waals surface area contributed by atoms with Gasteiger partial charge in [0.25, 0.3) is 0 Å². The normalized spacial score (nSPS) is 19.5. The van der Waals surface area contributed by atoms with Crippen LogP contribution in [0.5, 0.6) is 0 Å². The fourth-order valence-electron chi connectivity index (χ4n) is 2.42. The van der Waals surface area contributed by atoms with Gasteiger partial charge in [-0.05, 0) is 23.6 Å². The molecule has 1 aliphatic rings.